The molecule has 1 heteroatoms. The second-order valence-electron chi connectivity index (χ2n) is 5.63. The molecule has 19 heavy (non-hydrogen) atoms. The molecule has 100 valence electrons. The van der Waals surface area contributed by atoms with Crippen LogP contribution >= 0.6 is 0 Å². The van der Waals surface area contributed by atoms with Gasteiger partial charge in [-0.1, -0.05) is 36.4 Å². The van der Waals surface area contributed by atoms with Crippen LogP contribution in [0.2, 0.25) is 0 Å². The molecule has 0 fully saturated rings. The monoisotopic (exact) mass is 253 g/mol. The molecule has 2 aromatic rings. The van der Waals surface area contributed by atoms with Gasteiger partial charge in [0, 0.05) is 6.04 Å². The minimum absolute atomic E-state index is 0.217. The molecule has 0 aliphatic heterocycles. The van der Waals surface area contributed by atoms with Gasteiger partial charge in [0.05, 0.1) is 0 Å². The first-order chi connectivity index (χ1) is 8.97. The van der Waals surface area contributed by atoms with Crippen LogP contribution in [-0.2, 0) is 6.42 Å². The van der Waals surface area contributed by atoms with Crippen LogP contribution in [0.1, 0.15) is 29.2 Å². The lowest BCUT2D eigenvalue weighted by atomic mass is 9.94. The lowest BCUT2D eigenvalue weighted by Crippen LogP contribution is -2.17. The summed E-state index contributed by atoms with van der Waals surface area (Å²) in [6.45, 7) is 8.56. The summed E-state index contributed by atoms with van der Waals surface area (Å²) < 4.78 is 0. The highest BCUT2D eigenvalue weighted by Gasteiger charge is 2.05. The minimum Gasteiger partial charge on any atom is -0.328 e. The van der Waals surface area contributed by atoms with Crippen molar-refractivity contribution >= 4 is 0 Å². The van der Waals surface area contributed by atoms with Crippen molar-refractivity contribution in [3.63, 3.8) is 0 Å². The molecule has 2 aromatic carbocycles. The van der Waals surface area contributed by atoms with Crippen molar-refractivity contribution in [1.82, 2.24) is 0 Å². The van der Waals surface area contributed by atoms with Crippen LogP contribution < -0.4 is 5.73 Å². The van der Waals surface area contributed by atoms with Crippen LogP contribution in [0.25, 0.3) is 11.1 Å². The molecule has 2 rings (SSSR count). The Hall–Kier alpha value is -1.60. The van der Waals surface area contributed by atoms with Gasteiger partial charge in [0.15, 0.2) is 0 Å². The van der Waals surface area contributed by atoms with Crippen LogP contribution in [0.5, 0.6) is 0 Å². The van der Waals surface area contributed by atoms with E-state index in [0.29, 0.717) is 0 Å². The van der Waals surface area contributed by atoms with E-state index < -0.39 is 0 Å². The summed E-state index contributed by atoms with van der Waals surface area (Å²) in [7, 11) is 0. The Morgan fingerprint density at radius 3 is 2.05 bits per heavy atom. The lowest BCUT2D eigenvalue weighted by Gasteiger charge is -2.11. The average molecular weight is 253 g/mol. The zero-order valence-corrected chi connectivity index (χ0v) is 12.3. The van der Waals surface area contributed by atoms with E-state index in [1.807, 2.05) is 6.92 Å². The Labute approximate surface area is 116 Å². The largest absolute Gasteiger partial charge is 0.328 e. The quantitative estimate of drug-likeness (QED) is 0.873. The van der Waals surface area contributed by atoms with Crippen LogP contribution in [0, 0.1) is 20.8 Å². The Morgan fingerprint density at radius 2 is 1.47 bits per heavy atom. The van der Waals surface area contributed by atoms with Gasteiger partial charge < -0.3 is 5.73 Å². The van der Waals surface area contributed by atoms with E-state index in [9.17, 15) is 0 Å². The lowest BCUT2D eigenvalue weighted by molar-refractivity contribution is 0.738. The van der Waals surface area contributed by atoms with Gasteiger partial charge >= 0.3 is 0 Å². The molecule has 0 saturated carbocycles. The second kappa shape index (κ2) is 5.58. The van der Waals surface area contributed by atoms with Gasteiger partial charge in [-0.25, -0.2) is 0 Å². The first-order valence-corrected chi connectivity index (χ1v) is 6.90. The summed E-state index contributed by atoms with van der Waals surface area (Å²) >= 11 is 0. The molecule has 0 spiro atoms. The van der Waals surface area contributed by atoms with E-state index in [0.717, 1.165) is 6.42 Å². The molecule has 0 saturated heterocycles. The SMILES string of the molecule is Cc1cc(C)c(-c2ccc(CC(C)N)cc2)cc1C. The molecule has 0 radical (unpaired) electrons. The van der Waals surface area contributed by atoms with E-state index in [1.165, 1.54) is 33.4 Å². The summed E-state index contributed by atoms with van der Waals surface area (Å²) in [6, 6.07) is 13.5. The number of benzene rings is 2. The maximum Gasteiger partial charge on any atom is 0.00509 e. The molecule has 0 heterocycles. The average Bonchev–Trinajstić information content (AvgIpc) is 2.34. The normalized spacial score (nSPS) is 12.5. The van der Waals surface area contributed by atoms with Gasteiger partial charge in [-0.05, 0) is 67.5 Å². The topological polar surface area (TPSA) is 26.0 Å². The highest BCUT2D eigenvalue weighted by molar-refractivity contribution is 5.68. The molecular weight excluding hydrogens is 230 g/mol. The fourth-order valence-corrected chi connectivity index (χ4v) is 2.46. The molecule has 0 aliphatic rings. The molecule has 0 bridgehead atoms. The third-order valence-electron chi connectivity index (χ3n) is 3.66. The number of hydrogen-bond acceptors (Lipinski definition) is 1. The number of rotatable bonds is 3. The second-order valence-corrected chi connectivity index (χ2v) is 5.63. The molecule has 1 atom stereocenters. The minimum atomic E-state index is 0.217. The van der Waals surface area contributed by atoms with Crippen molar-refractivity contribution in [2.45, 2.75) is 40.2 Å². The van der Waals surface area contributed by atoms with Crippen LogP contribution in [0.3, 0.4) is 0 Å². The van der Waals surface area contributed by atoms with Crippen molar-refractivity contribution in [1.29, 1.82) is 0 Å². The zero-order chi connectivity index (χ0) is 14.0. The smallest absolute Gasteiger partial charge is 0.00509 e. The molecular formula is C18H23N. The highest BCUT2D eigenvalue weighted by Crippen LogP contribution is 2.26. The van der Waals surface area contributed by atoms with Gasteiger partial charge in [0.2, 0.25) is 0 Å². The zero-order valence-electron chi connectivity index (χ0n) is 12.3. The molecule has 0 aliphatic carbocycles. The Balaban J connectivity index is 2.34. The van der Waals surface area contributed by atoms with Gasteiger partial charge in [0.1, 0.15) is 0 Å². The Kier molecular flexibility index (Phi) is 4.06. The van der Waals surface area contributed by atoms with Crippen molar-refractivity contribution in [2.24, 2.45) is 5.73 Å². The van der Waals surface area contributed by atoms with E-state index in [4.69, 9.17) is 5.73 Å². The van der Waals surface area contributed by atoms with Gasteiger partial charge in [0.25, 0.3) is 0 Å². The summed E-state index contributed by atoms with van der Waals surface area (Å²) in [5.41, 5.74) is 13.8. The van der Waals surface area contributed by atoms with Crippen molar-refractivity contribution in [3.8, 4) is 11.1 Å². The van der Waals surface area contributed by atoms with Crippen molar-refractivity contribution in [3.05, 3.63) is 58.7 Å². The Bertz CT molecular complexity index is 565. The van der Waals surface area contributed by atoms with E-state index in [2.05, 4.69) is 57.2 Å². The maximum absolute atomic E-state index is 5.83. The van der Waals surface area contributed by atoms with E-state index in [-0.39, 0.29) is 6.04 Å². The molecule has 1 nitrogen and oxygen atoms in total. The highest BCUT2D eigenvalue weighted by atomic mass is 14.6. The summed E-state index contributed by atoms with van der Waals surface area (Å²) in [4.78, 5) is 0. The standard InChI is InChI=1S/C18H23N/c1-12-9-14(3)18(10-13(12)2)17-7-5-16(6-8-17)11-15(4)19/h5-10,15H,11,19H2,1-4H3. The van der Waals surface area contributed by atoms with Crippen LogP contribution in [-0.4, -0.2) is 6.04 Å². The van der Waals surface area contributed by atoms with Crippen LogP contribution in [0.15, 0.2) is 36.4 Å². The summed E-state index contributed by atoms with van der Waals surface area (Å²) in [6.07, 6.45) is 0.937. The molecule has 1 unspecified atom stereocenters. The number of aryl methyl sites for hydroxylation is 3. The van der Waals surface area contributed by atoms with Crippen molar-refractivity contribution in [2.75, 3.05) is 0 Å². The van der Waals surface area contributed by atoms with Gasteiger partial charge in [-0.2, -0.15) is 0 Å². The third kappa shape index (κ3) is 3.24. The predicted molar refractivity (Wildman–Crippen MR) is 83.4 cm³/mol. The first-order valence-electron chi connectivity index (χ1n) is 6.90. The van der Waals surface area contributed by atoms with Crippen molar-refractivity contribution < 1.29 is 0 Å². The maximum atomic E-state index is 5.83. The summed E-state index contributed by atoms with van der Waals surface area (Å²) in [5, 5.41) is 0. The fraction of sp³-hybridized carbons (Fsp3) is 0.333. The van der Waals surface area contributed by atoms with Crippen LogP contribution in [0.4, 0.5) is 0 Å². The predicted octanol–water partition coefficient (Wildman–Crippen LogP) is 4.17. The van der Waals surface area contributed by atoms with Gasteiger partial charge in [-0.3, -0.25) is 0 Å². The molecule has 0 amide bonds. The Morgan fingerprint density at radius 1 is 0.895 bits per heavy atom. The van der Waals surface area contributed by atoms with E-state index in [1.54, 1.807) is 0 Å². The number of nitrogens with two attached hydrogens (primary N) is 1. The first kappa shape index (κ1) is 13.8. The number of hydrogen-bond donors (Lipinski definition) is 1. The molecule has 2 N–H and O–H groups in total. The van der Waals surface area contributed by atoms with E-state index >= 15 is 0 Å². The van der Waals surface area contributed by atoms with Gasteiger partial charge in [-0.15, -0.1) is 0 Å². The molecule has 0 aromatic heterocycles. The summed E-state index contributed by atoms with van der Waals surface area (Å²) in [5.74, 6) is 0. The fourth-order valence-electron chi connectivity index (χ4n) is 2.46. The third-order valence-corrected chi connectivity index (χ3v) is 3.66.